The predicted octanol–water partition coefficient (Wildman–Crippen LogP) is 3.78. The molecule has 150 valence electrons. The minimum Gasteiger partial charge on any atom is -0.504 e. The van der Waals surface area contributed by atoms with Gasteiger partial charge in [-0.1, -0.05) is 17.7 Å². The van der Waals surface area contributed by atoms with Crippen LogP contribution in [0.15, 0.2) is 55.1 Å². The highest BCUT2D eigenvalue weighted by atomic mass is 35.5. The van der Waals surface area contributed by atoms with Gasteiger partial charge in [-0.05, 0) is 24.3 Å². The van der Waals surface area contributed by atoms with Gasteiger partial charge in [0.25, 0.3) is 5.91 Å². The number of halogens is 1. The molecule has 0 fully saturated rings. The molecule has 30 heavy (non-hydrogen) atoms. The number of fused-ring (bicyclic) bond motifs is 1. The summed E-state index contributed by atoms with van der Waals surface area (Å²) in [6, 6.07) is 9.69. The highest BCUT2D eigenvalue weighted by molar-refractivity contribution is 6.31. The zero-order chi connectivity index (χ0) is 21.1. The second-order valence-electron chi connectivity index (χ2n) is 6.15. The Hall–Kier alpha value is -3.98. The van der Waals surface area contributed by atoms with Gasteiger partial charge in [0, 0.05) is 22.0 Å². The van der Waals surface area contributed by atoms with Crippen LogP contribution in [0.1, 0.15) is 10.4 Å². The first-order valence-corrected chi connectivity index (χ1v) is 9.09. The topological polar surface area (TPSA) is 122 Å². The Morgan fingerprint density at radius 1 is 1.10 bits per heavy atom. The number of hydrogen-bond acceptors (Lipinski definition) is 8. The largest absolute Gasteiger partial charge is 0.504 e. The average Bonchev–Trinajstić information content (AvgIpc) is 2.75. The summed E-state index contributed by atoms with van der Waals surface area (Å²) in [6.45, 7) is 0. The third kappa shape index (κ3) is 4.06. The van der Waals surface area contributed by atoms with Gasteiger partial charge in [0.1, 0.15) is 12.1 Å². The van der Waals surface area contributed by atoms with E-state index in [1.807, 2.05) is 0 Å². The van der Waals surface area contributed by atoms with E-state index in [-0.39, 0.29) is 17.6 Å². The summed E-state index contributed by atoms with van der Waals surface area (Å²) >= 11 is 5.91. The summed E-state index contributed by atoms with van der Waals surface area (Å²) in [5, 5.41) is 16.7. The van der Waals surface area contributed by atoms with Crippen molar-refractivity contribution in [1.82, 2.24) is 19.9 Å². The molecule has 2 aromatic heterocycles. The van der Waals surface area contributed by atoms with E-state index in [1.165, 1.54) is 31.9 Å². The number of carbonyl (C=O) groups is 1. The molecule has 0 radical (unpaired) electrons. The van der Waals surface area contributed by atoms with Crippen LogP contribution in [0.3, 0.4) is 0 Å². The van der Waals surface area contributed by atoms with E-state index in [4.69, 9.17) is 16.3 Å². The lowest BCUT2D eigenvalue weighted by Crippen LogP contribution is -2.14. The fourth-order valence-corrected chi connectivity index (χ4v) is 2.92. The minimum atomic E-state index is -0.369. The van der Waals surface area contributed by atoms with E-state index in [9.17, 15) is 9.90 Å². The average molecular weight is 423 g/mol. The van der Waals surface area contributed by atoms with Gasteiger partial charge >= 0.3 is 0 Å². The number of hydrogen-bond donors (Lipinski definition) is 3. The van der Waals surface area contributed by atoms with Crippen LogP contribution < -0.4 is 15.4 Å². The van der Waals surface area contributed by atoms with E-state index in [2.05, 4.69) is 30.6 Å². The molecule has 0 aliphatic heterocycles. The molecule has 0 atom stereocenters. The van der Waals surface area contributed by atoms with E-state index >= 15 is 0 Å². The minimum absolute atomic E-state index is 0.0159. The highest BCUT2D eigenvalue weighted by Gasteiger charge is 2.11. The second kappa shape index (κ2) is 8.18. The Morgan fingerprint density at radius 3 is 2.63 bits per heavy atom. The molecule has 2 aromatic carbocycles. The summed E-state index contributed by atoms with van der Waals surface area (Å²) in [5.41, 5.74) is 1.48. The Labute approximate surface area is 175 Å². The number of nitrogens with one attached hydrogen (secondary N) is 2. The van der Waals surface area contributed by atoms with Crippen molar-refractivity contribution in [2.24, 2.45) is 0 Å². The number of benzene rings is 2. The maximum atomic E-state index is 12.3. The summed E-state index contributed by atoms with van der Waals surface area (Å²) in [5.74, 6) is 0.544. The Bertz CT molecular complexity index is 1230. The fraction of sp³-hybridized carbons (Fsp3) is 0.0500. The molecule has 2 heterocycles. The zero-order valence-electron chi connectivity index (χ0n) is 15.6. The van der Waals surface area contributed by atoms with E-state index in [1.54, 1.807) is 30.3 Å². The number of phenols is 1. The fourth-order valence-electron chi connectivity index (χ4n) is 2.73. The quantitative estimate of drug-likeness (QED) is 0.444. The number of phenolic OH excluding ortho intramolecular Hbond substituents is 1. The third-order valence-corrected chi connectivity index (χ3v) is 4.40. The zero-order valence-corrected chi connectivity index (χ0v) is 16.4. The highest BCUT2D eigenvalue weighted by Crippen LogP contribution is 2.33. The van der Waals surface area contributed by atoms with Crippen LogP contribution in [0.25, 0.3) is 10.9 Å². The molecule has 9 nitrogen and oxygen atoms in total. The summed E-state index contributed by atoms with van der Waals surface area (Å²) in [7, 11) is 1.46. The van der Waals surface area contributed by atoms with Crippen molar-refractivity contribution in [1.29, 1.82) is 0 Å². The number of rotatable bonds is 5. The molecule has 0 aliphatic carbocycles. The number of nitrogens with zero attached hydrogens (tertiary/aromatic N) is 4. The number of methoxy groups -OCH3 is 1. The smallest absolute Gasteiger partial charge is 0.258 e. The van der Waals surface area contributed by atoms with Gasteiger partial charge in [0.2, 0.25) is 5.95 Å². The number of anilines is 3. The summed E-state index contributed by atoms with van der Waals surface area (Å²) in [4.78, 5) is 28.9. The van der Waals surface area contributed by atoms with Crippen LogP contribution in [-0.4, -0.2) is 38.1 Å². The van der Waals surface area contributed by atoms with Crippen molar-refractivity contribution in [2.45, 2.75) is 0 Å². The van der Waals surface area contributed by atoms with Crippen molar-refractivity contribution in [3.05, 3.63) is 65.7 Å². The molecule has 0 bridgehead atoms. The van der Waals surface area contributed by atoms with Gasteiger partial charge in [0.15, 0.2) is 11.5 Å². The molecule has 0 saturated heterocycles. The van der Waals surface area contributed by atoms with Crippen molar-refractivity contribution in [3.63, 3.8) is 0 Å². The van der Waals surface area contributed by atoms with E-state index in [0.29, 0.717) is 38.7 Å². The standard InChI is InChI=1S/C20H15ClN6O3/c1-30-17-6-14-15(7-16(17)28)24-10-25-18(14)26-13-8-22-20(23-9-13)27-19(29)11-3-2-4-12(21)5-11/h2-10,28H,1H3,(H,24,25,26)(H,22,23,27,29). The molecule has 0 spiro atoms. The molecule has 0 saturated carbocycles. The first-order chi connectivity index (χ1) is 14.5. The van der Waals surface area contributed by atoms with Gasteiger partial charge in [-0.3, -0.25) is 10.1 Å². The van der Waals surface area contributed by atoms with Gasteiger partial charge in [0.05, 0.1) is 30.7 Å². The molecule has 0 aliphatic rings. The van der Waals surface area contributed by atoms with Crippen LogP contribution in [0, 0.1) is 0 Å². The van der Waals surface area contributed by atoms with Crippen LogP contribution in [-0.2, 0) is 0 Å². The van der Waals surface area contributed by atoms with Gasteiger partial charge in [-0.2, -0.15) is 0 Å². The monoisotopic (exact) mass is 422 g/mol. The lowest BCUT2D eigenvalue weighted by atomic mass is 10.2. The van der Waals surface area contributed by atoms with Crippen LogP contribution in [0.2, 0.25) is 5.02 Å². The molecule has 0 unspecified atom stereocenters. The normalized spacial score (nSPS) is 10.6. The molecule has 4 aromatic rings. The number of carbonyl (C=O) groups excluding carboxylic acids is 1. The number of ether oxygens (including phenoxy) is 1. The maximum Gasteiger partial charge on any atom is 0.258 e. The van der Waals surface area contributed by atoms with Crippen molar-refractivity contribution in [2.75, 3.05) is 17.7 Å². The molecule has 4 rings (SSSR count). The molecule has 10 heteroatoms. The molecule has 3 N–H and O–H groups in total. The number of aromatic hydroxyl groups is 1. The summed E-state index contributed by atoms with van der Waals surface area (Å²) in [6.07, 6.45) is 4.38. The van der Waals surface area contributed by atoms with Crippen molar-refractivity contribution in [3.8, 4) is 11.5 Å². The first kappa shape index (κ1) is 19.3. The third-order valence-electron chi connectivity index (χ3n) is 4.16. The summed E-state index contributed by atoms with van der Waals surface area (Å²) < 4.78 is 5.15. The molecular formula is C20H15ClN6O3. The molecule has 1 amide bonds. The lowest BCUT2D eigenvalue weighted by Gasteiger charge is -2.10. The SMILES string of the molecule is COc1cc2c(Nc3cnc(NC(=O)c4cccc(Cl)c4)nc3)ncnc2cc1O. The number of amides is 1. The van der Waals surface area contributed by atoms with Crippen molar-refractivity contribution >= 4 is 45.9 Å². The first-order valence-electron chi connectivity index (χ1n) is 8.71. The van der Waals surface area contributed by atoms with E-state index < -0.39 is 0 Å². The Kier molecular flexibility index (Phi) is 5.27. The molecular weight excluding hydrogens is 408 g/mol. The van der Waals surface area contributed by atoms with Crippen LogP contribution in [0.4, 0.5) is 17.5 Å². The van der Waals surface area contributed by atoms with Crippen molar-refractivity contribution < 1.29 is 14.6 Å². The second-order valence-corrected chi connectivity index (χ2v) is 6.58. The van der Waals surface area contributed by atoms with Crippen LogP contribution in [0.5, 0.6) is 11.5 Å². The van der Waals surface area contributed by atoms with Gasteiger partial charge in [-0.25, -0.2) is 19.9 Å². The Morgan fingerprint density at radius 2 is 1.90 bits per heavy atom. The maximum absolute atomic E-state index is 12.3. The van der Waals surface area contributed by atoms with Crippen LogP contribution >= 0.6 is 11.6 Å². The lowest BCUT2D eigenvalue weighted by molar-refractivity contribution is 0.102. The number of aromatic nitrogens is 4. The van der Waals surface area contributed by atoms with Gasteiger partial charge < -0.3 is 15.2 Å². The Balaban J connectivity index is 1.53. The van der Waals surface area contributed by atoms with E-state index in [0.717, 1.165) is 0 Å². The predicted molar refractivity (Wildman–Crippen MR) is 112 cm³/mol. The van der Waals surface area contributed by atoms with Gasteiger partial charge in [-0.15, -0.1) is 0 Å².